The number of rotatable bonds is 3. The zero-order valence-electron chi connectivity index (χ0n) is 14.3. The van der Waals surface area contributed by atoms with Gasteiger partial charge in [-0.15, -0.1) is 11.3 Å². The van der Waals surface area contributed by atoms with Crippen molar-refractivity contribution in [2.45, 2.75) is 0 Å². The molecule has 0 aliphatic rings. The molecule has 0 saturated heterocycles. The lowest BCUT2D eigenvalue weighted by Gasteiger charge is -2.12. The molecule has 1 N–H and O–H groups in total. The topological polar surface area (TPSA) is 42.0 Å². The van der Waals surface area contributed by atoms with E-state index in [1.807, 2.05) is 5.32 Å². The van der Waals surface area contributed by atoms with Crippen molar-refractivity contribution >= 4 is 33.8 Å². The van der Waals surface area contributed by atoms with Gasteiger partial charge in [0.25, 0.3) is 5.91 Å². The van der Waals surface area contributed by atoms with Gasteiger partial charge in [0.2, 0.25) is 5.82 Å². The Morgan fingerprint density at radius 2 is 1.52 bits per heavy atom. The molecule has 9 heteroatoms. The van der Waals surface area contributed by atoms with Crippen molar-refractivity contribution < 1.29 is 26.7 Å². The minimum atomic E-state index is -2.30. The monoisotopic (exact) mass is 420 g/mol. The van der Waals surface area contributed by atoms with E-state index in [2.05, 4.69) is 4.98 Å². The van der Waals surface area contributed by atoms with Gasteiger partial charge in [0.1, 0.15) is 5.69 Å². The van der Waals surface area contributed by atoms with Gasteiger partial charge >= 0.3 is 0 Å². The Balaban J connectivity index is 1.85. The molecule has 0 aliphatic carbocycles. The maximum absolute atomic E-state index is 13.9. The number of nitrogens with one attached hydrogen (secondary N) is 1. The lowest BCUT2D eigenvalue weighted by atomic mass is 10.1. The molecule has 1 amide bonds. The van der Waals surface area contributed by atoms with E-state index in [1.54, 1.807) is 41.8 Å². The molecule has 0 bridgehead atoms. The van der Waals surface area contributed by atoms with Crippen molar-refractivity contribution in [3.8, 4) is 10.6 Å². The highest BCUT2D eigenvalue weighted by atomic mass is 32.1. The summed E-state index contributed by atoms with van der Waals surface area (Å²) in [7, 11) is 0. The van der Waals surface area contributed by atoms with Gasteiger partial charge in [-0.25, -0.2) is 26.9 Å². The van der Waals surface area contributed by atoms with Crippen molar-refractivity contribution in [1.82, 2.24) is 4.98 Å². The molecular formula is C20H9F5N2OS. The fourth-order valence-corrected chi connectivity index (χ4v) is 3.50. The smallest absolute Gasteiger partial charge is 0.256 e. The maximum atomic E-state index is 13.9. The van der Waals surface area contributed by atoms with Crippen LogP contribution in [0.2, 0.25) is 0 Å². The van der Waals surface area contributed by atoms with E-state index < -0.39 is 40.7 Å². The number of amides is 1. The number of pyridine rings is 1. The molecule has 4 aromatic rings. The van der Waals surface area contributed by atoms with Crippen LogP contribution < -0.4 is 5.32 Å². The lowest BCUT2D eigenvalue weighted by Crippen LogP contribution is -2.17. The fourth-order valence-electron chi connectivity index (χ4n) is 2.81. The molecule has 0 atom stereocenters. The van der Waals surface area contributed by atoms with Crippen LogP contribution in [0.3, 0.4) is 0 Å². The Bertz CT molecular complexity index is 1230. The van der Waals surface area contributed by atoms with Gasteiger partial charge in [0.05, 0.1) is 21.7 Å². The number of hydrogen-bond acceptors (Lipinski definition) is 3. The summed E-state index contributed by atoms with van der Waals surface area (Å²) in [5.41, 5.74) is -0.574. The zero-order valence-corrected chi connectivity index (χ0v) is 15.1. The van der Waals surface area contributed by atoms with E-state index in [0.29, 0.717) is 16.6 Å². The maximum Gasteiger partial charge on any atom is 0.256 e. The van der Waals surface area contributed by atoms with E-state index >= 15 is 0 Å². The van der Waals surface area contributed by atoms with E-state index in [9.17, 15) is 26.7 Å². The van der Waals surface area contributed by atoms with Crippen LogP contribution in [0.25, 0.3) is 21.5 Å². The van der Waals surface area contributed by atoms with Crippen LogP contribution in [0.4, 0.5) is 27.6 Å². The van der Waals surface area contributed by atoms with Crippen molar-refractivity contribution in [2.24, 2.45) is 0 Å². The molecule has 0 unspecified atom stereocenters. The summed E-state index contributed by atoms with van der Waals surface area (Å²) in [6, 6.07) is 11.5. The number of carbonyl (C=O) groups is 1. The average Bonchev–Trinajstić information content (AvgIpc) is 3.28. The normalized spacial score (nSPS) is 11.1. The second-order valence-electron chi connectivity index (χ2n) is 5.95. The summed E-state index contributed by atoms with van der Waals surface area (Å²) >= 11 is 1.36. The summed E-state index contributed by atoms with van der Waals surface area (Å²) in [6.07, 6.45) is 0. The van der Waals surface area contributed by atoms with Crippen molar-refractivity contribution in [3.05, 3.63) is 82.5 Å². The number of carbonyl (C=O) groups excluding carboxylic acids is 1. The highest BCUT2D eigenvalue weighted by Gasteiger charge is 2.27. The van der Waals surface area contributed by atoms with Crippen LogP contribution in [0.1, 0.15) is 10.4 Å². The van der Waals surface area contributed by atoms with Gasteiger partial charge < -0.3 is 5.32 Å². The van der Waals surface area contributed by atoms with Crippen molar-refractivity contribution in [3.63, 3.8) is 0 Å². The average molecular weight is 420 g/mol. The summed E-state index contributed by atoms with van der Waals surface area (Å²) in [5, 5.41) is 3.97. The molecule has 2 aromatic carbocycles. The van der Waals surface area contributed by atoms with Crippen LogP contribution in [0.15, 0.2) is 47.8 Å². The number of hydrogen-bond donors (Lipinski definition) is 1. The lowest BCUT2D eigenvalue weighted by molar-refractivity contribution is 0.102. The first-order valence-electron chi connectivity index (χ1n) is 8.15. The van der Waals surface area contributed by atoms with E-state index in [4.69, 9.17) is 0 Å². The number of anilines is 1. The third-order valence-corrected chi connectivity index (χ3v) is 5.08. The van der Waals surface area contributed by atoms with Crippen LogP contribution in [0.5, 0.6) is 0 Å². The number of nitrogens with zero attached hydrogens (tertiary/aromatic N) is 1. The first-order chi connectivity index (χ1) is 13.9. The summed E-state index contributed by atoms with van der Waals surface area (Å²) in [5.74, 6) is -11.9. The van der Waals surface area contributed by atoms with Gasteiger partial charge in [-0.1, -0.05) is 24.3 Å². The minimum absolute atomic E-state index is 0.0251. The third-order valence-electron chi connectivity index (χ3n) is 4.18. The highest BCUT2D eigenvalue weighted by Crippen LogP contribution is 2.30. The molecular weight excluding hydrogens is 411 g/mol. The largest absolute Gasteiger partial charge is 0.317 e. The molecule has 3 nitrogen and oxygen atoms in total. The quantitative estimate of drug-likeness (QED) is 0.254. The number of halogens is 5. The second kappa shape index (κ2) is 7.25. The van der Waals surface area contributed by atoms with Gasteiger partial charge in [0.15, 0.2) is 23.3 Å². The molecule has 0 radical (unpaired) electrons. The Kier molecular flexibility index (Phi) is 4.75. The molecule has 146 valence electrons. The number of benzene rings is 2. The molecule has 0 spiro atoms. The predicted octanol–water partition coefficient (Wildman–Crippen LogP) is 5.91. The minimum Gasteiger partial charge on any atom is -0.317 e. The second-order valence-corrected chi connectivity index (χ2v) is 6.90. The summed E-state index contributed by atoms with van der Waals surface area (Å²) < 4.78 is 68.0. The molecule has 4 rings (SSSR count). The number of aromatic nitrogens is 1. The fraction of sp³-hybridized carbons (Fsp3) is 0. The van der Waals surface area contributed by atoms with Gasteiger partial charge in [0, 0.05) is 5.39 Å². The molecule has 2 aromatic heterocycles. The molecule has 0 aliphatic heterocycles. The first kappa shape index (κ1) is 19.0. The van der Waals surface area contributed by atoms with E-state index in [0.717, 1.165) is 4.88 Å². The van der Waals surface area contributed by atoms with Gasteiger partial charge in [-0.3, -0.25) is 4.79 Å². The van der Waals surface area contributed by atoms with Crippen LogP contribution >= 0.6 is 11.3 Å². The van der Waals surface area contributed by atoms with Crippen molar-refractivity contribution in [1.29, 1.82) is 0 Å². The molecule has 0 saturated carbocycles. The first-order valence-corrected chi connectivity index (χ1v) is 9.03. The highest BCUT2D eigenvalue weighted by molar-refractivity contribution is 7.13. The zero-order chi connectivity index (χ0) is 20.7. The van der Waals surface area contributed by atoms with Crippen LogP contribution in [-0.2, 0) is 0 Å². The Morgan fingerprint density at radius 3 is 2.17 bits per heavy atom. The number of fused-ring (bicyclic) bond motifs is 1. The van der Waals surface area contributed by atoms with E-state index in [1.165, 1.54) is 17.4 Å². The van der Waals surface area contributed by atoms with Crippen LogP contribution in [-0.4, -0.2) is 10.9 Å². The standard InChI is InChI=1S/C20H9F5N2OS/c21-14-15(22)17(24)19(18(25)16(14)23)27-20(28)10-8-12(13-6-3-7-29-13)26-11-5-2-1-4-9(10)11/h1-8H,(H,27,28). The van der Waals surface area contributed by atoms with Gasteiger partial charge in [-0.05, 0) is 23.6 Å². The predicted molar refractivity (Wildman–Crippen MR) is 99.2 cm³/mol. The SMILES string of the molecule is O=C(Nc1c(F)c(F)c(F)c(F)c1F)c1cc(-c2cccs2)nc2ccccc12. The Labute approximate surface area is 164 Å². The summed E-state index contributed by atoms with van der Waals surface area (Å²) in [4.78, 5) is 17.9. The van der Waals surface area contributed by atoms with Crippen LogP contribution in [0, 0.1) is 29.1 Å². The van der Waals surface area contributed by atoms with Crippen molar-refractivity contribution in [2.75, 3.05) is 5.32 Å². The summed E-state index contributed by atoms with van der Waals surface area (Å²) in [6.45, 7) is 0. The molecule has 2 heterocycles. The number of thiophene rings is 1. The molecule has 29 heavy (non-hydrogen) atoms. The Morgan fingerprint density at radius 1 is 0.862 bits per heavy atom. The molecule has 0 fully saturated rings. The van der Waals surface area contributed by atoms with E-state index in [-0.39, 0.29) is 5.56 Å². The Hall–Kier alpha value is -3.33. The van der Waals surface area contributed by atoms with Gasteiger partial charge in [-0.2, -0.15) is 0 Å². The third kappa shape index (κ3) is 3.23. The number of para-hydroxylation sites is 1.